The van der Waals surface area contributed by atoms with Gasteiger partial charge >= 0.3 is 0 Å². The Morgan fingerprint density at radius 1 is 0.895 bits per heavy atom. The molecule has 0 atom stereocenters. The first-order chi connectivity index (χ1) is 18.4. The number of halogens is 2. The van der Waals surface area contributed by atoms with Crippen LogP contribution in [-0.4, -0.2) is 73.8 Å². The highest BCUT2D eigenvalue weighted by atomic mass is 19.1. The Morgan fingerprint density at radius 3 is 2.29 bits per heavy atom. The predicted octanol–water partition coefficient (Wildman–Crippen LogP) is 4.79. The monoisotopic (exact) mass is 525 g/mol. The van der Waals surface area contributed by atoms with E-state index in [4.69, 9.17) is 9.47 Å². The van der Waals surface area contributed by atoms with Gasteiger partial charge in [0.25, 0.3) is 0 Å². The molecule has 0 radical (unpaired) electrons. The number of rotatable bonds is 11. The van der Waals surface area contributed by atoms with Crippen LogP contribution >= 0.6 is 0 Å². The highest BCUT2D eigenvalue weighted by molar-refractivity contribution is 5.58. The zero-order chi connectivity index (χ0) is 27.1. The van der Waals surface area contributed by atoms with Gasteiger partial charge in [-0.25, -0.2) is 18.7 Å². The van der Waals surface area contributed by atoms with Gasteiger partial charge in [-0.15, -0.1) is 0 Å². The van der Waals surface area contributed by atoms with Gasteiger partial charge in [0.1, 0.15) is 11.6 Å². The Morgan fingerprint density at radius 2 is 1.61 bits per heavy atom. The van der Waals surface area contributed by atoms with Crippen molar-refractivity contribution in [1.29, 1.82) is 0 Å². The minimum Gasteiger partial charge on any atom is -0.496 e. The van der Waals surface area contributed by atoms with Crippen molar-refractivity contribution in [2.45, 2.75) is 32.6 Å². The summed E-state index contributed by atoms with van der Waals surface area (Å²) in [4.78, 5) is 13.7. The third-order valence-corrected chi connectivity index (χ3v) is 7.09. The molecule has 9 heteroatoms. The van der Waals surface area contributed by atoms with Crippen molar-refractivity contribution in [3.8, 4) is 11.5 Å². The van der Waals surface area contributed by atoms with Gasteiger partial charge in [-0.05, 0) is 75.0 Å². The summed E-state index contributed by atoms with van der Waals surface area (Å²) < 4.78 is 39.7. The largest absolute Gasteiger partial charge is 0.496 e. The minimum atomic E-state index is -0.661. The Balaban J connectivity index is 1.32. The number of hydrogen-bond donors (Lipinski definition) is 1. The summed E-state index contributed by atoms with van der Waals surface area (Å²) in [7, 11) is 5.23. The van der Waals surface area contributed by atoms with E-state index in [0.717, 1.165) is 62.6 Å². The second-order valence-corrected chi connectivity index (χ2v) is 9.82. The van der Waals surface area contributed by atoms with Gasteiger partial charge in [-0.1, -0.05) is 6.07 Å². The summed E-state index contributed by atoms with van der Waals surface area (Å²) in [5.74, 6) is 0.118. The number of ether oxygens (including phenoxy) is 2. The smallest absolute Gasteiger partial charge is 0.227 e. The summed E-state index contributed by atoms with van der Waals surface area (Å²) in [6.07, 6.45) is 5.95. The van der Waals surface area contributed by atoms with Crippen LogP contribution in [-0.2, 0) is 19.3 Å². The summed E-state index contributed by atoms with van der Waals surface area (Å²) >= 11 is 0. The van der Waals surface area contributed by atoms with E-state index in [1.807, 2.05) is 12.1 Å². The highest BCUT2D eigenvalue weighted by Gasteiger charge is 2.17. The SMILES string of the molecule is COc1cc(Nc2ncc(CCc3c(F)c(C)cc(OC)c3F)cn2)ccc1CCCN1CCN(C)CC1. The molecule has 38 heavy (non-hydrogen) atoms. The van der Waals surface area contributed by atoms with Crippen LogP contribution in [0.5, 0.6) is 11.5 Å². The van der Waals surface area contributed by atoms with Crippen LogP contribution < -0.4 is 14.8 Å². The fourth-order valence-corrected chi connectivity index (χ4v) is 4.71. The fraction of sp³-hybridized carbons (Fsp3) is 0.448. The van der Waals surface area contributed by atoms with Gasteiger partial charge < -0.3 is 24.6 Å². The lowest BCUT2D eigenvalue weighted by atomic mass is 10.0. The fourth-order valence-electron chi connectivity index (χ4n) is 4.71. The average molecular weight is 526 g/mol. The van der Waals surface area contributed by atoms with Crippen LogP contribution in [0.25, 0.3) is 0 Å². The third kappa shape index (κ3) is 6.96. The quantitative estimate of drug-likeness (QED) is 0.386. The number of nitrogens with zero attached hydrogens (tertiary/aromatic N) is 4. The van der Waals surface area contributed by atoms with E-state index in [1.165, 1.54) is 18.7 Å². The zero-order valence-electron chi connectivity index (χ0n) is 22.7. The Labute approximate surface area is 223 Å². The number of nitrogens with one attached hydrogen (secondary N) is 1. The van der Waals surface area contributed by atoms with Gasteiger partial charge in [0.05, 0.1) is 14.2 Å². The van der Waals surface area contributed by atoms with Crippen LogP contribution in [0.2, 0.25) is 0 Å². The molecule has 2 aromatic carbocycles. The number of aryl methyl sites for hydroxylation is 3. The van der Waals surface area contributed by atoms with Crippen molar-refractivity contribution < 1.29 is 18.3 Å². The van der Waals surface area contributed by atoms with Crippen LogP contribution in [0.1, 0.15) is 28.7 Å². The van der Waals surface area contributed by atoms with Crippen LogP contribution in [0.3, 0.4) is 0 Å². The molecule has 1 fully saturated rings. The molecule has 1 aromatic heterocycles. The Hall–Kier alpha value is -3.30. The maximum absolute atomic E-state index is 14.6. The van der Waals surface area contributed by atoms with Crippen molar-refractivity contribution in [2.24, 2.45) is 0 Å². The first kappa shape index (κ1) is 27.7. The van der Waals surface area contributed by atoms with E-state index in [9.17, 15) is 8.78 Å². The molecule has 204 valence electrons. The van der Waals surface area contributed by atoms with E-state index in [-0.39, 0.29) is 17.7 Å². The number of piperazine rings is 1. The second-order valence-electron chi connectivity index (χ2n) is 9.82. The van der Waals surface area contributed by atoms with Crippen molar-refractivity contribution in [3.63, 3.8) is 0 Å². The normalized spacial score (nSPS) is 14.5. The third-order valence-electron chi connectivity index (χ3n) is 7.09. The van der Waals surface area contributed by atoms with E-state index in [0.29, 0.717) is 17.9 Å². The average Bonchev–Trinajstić information content (AvgIpc) is 2.93. The summed E-state index contributed by atoms with van der Waals surface area (Å²) in [5, 5.41) is 3.21. The molecule has 0 unspecified atom stereocenters. The van der Waals surface area contributed by atoms with Crippen LogP contribution in [0, 0.1) is 18.6 Å². The second kappa shape index (κ2) is 13.0. The lowest BCUT2D eigenvalue weighted by Crippen LogP contribution is -2.44. The van der Waals surface area contributed by atoms with Gasteiger partial charge in [-0.2, -0.15) is 0 Å². The molecular weight excluding hydrogens is 488 g/mol. The number of methoxy groups -OCH3 is 2. The number of hydrogen-bond acceptors (Lipinski definition) is 7. The predicted molar refractivity (Wildman–Crippen MR) is 146 cm³/mol. The molecule has 2 heterocycles. The molecule has 0 spiro atoms. The maximum Gasteiger partial charge on any atom is 0.227 e. The molecule has 1 N–H and O–H groups in total. The van der Waals surface area contributed by atoms with Crippen molar-refractivity contribution in [2.75, 3.05) is 59.3 Å². The molecule has 1 saturated heterocycles. The number of aromatic nitrogens is 2. The van der Waals surface area contributed by atoms with Gasteiger partial charge in [-0.3, -0.25) is 0 Å². The standard InChI is InChI=1S/C29H37F2N5O2/c1-20-16-26(38-4)28(31)24(27(20)30)10-7-21-18-32-29(33-19-21)34-23-9-8-22(25(17-23)37-3)6-5-11-36-14-12-35(2)13-15-36/h8-9,16-19H,5-7,10-15H2,1-4H3,(H,32,33,34). The molecule has 1 aliphatic heterocycles. The first-order valence-corrected chi connectivity index (χ1v) is 13.0. The summed E-state index contributed by atoms with van der Waals surface area (Å²) in [5.41, 5.74) is 3.15. The molecule has 7 nitrogen and oxygen atoms in total. The Bertz CT molecular complexity index is 1210. The topological polar surface area (TPSA) is 62.8 Å². The molecule has 0 saturated carbocycles. The Kier molecular flexibility index (Phi) is 9.47. The van der Waals surface area contributed by atoms with Crippen molar-refractivity contribution >= 4 is 11.6 Å². The highest BCUT2D eigenvalue weighted by Crippen LogP contribution is 2.28. The molecular formula is C29H37F2N5O2. The lowest BCUT2D eigenvalue weighted by molar-refractivity contribution is 0.153. The first-order valence-electron chi connectivity index (χ1n) is 13.0. The molecule has 0 aliphatic carbocycles. The maximum atomic E-state index is 14.6. The van der Waals surface area contributed by atoms with Gasteiger partial charge in [0.15, 0.2) is 11.6 Å². The van der Waals surface area contributed by atoms with Crippen LogP contribution in [0.15, 0.2) is 36.7 Å². The van der Waals surface area contributed by atoms with Crippen molar-refractivity contribution in [3.05, 3.63) is 70.5 Å². The summed E-state index contributed by atoms with van der Waals surface area (Å²) in [6, 6.07) is 7.41. The van der Waals surface area contributed by atoms with Crippen molar-refractivity contribution in [1.82, 2.24) is 19.8 Å². The summed E-state index contributed by atoms with van der Waals surface area (Å²) in [6.45, 7) is 7.21. The molecule has 0 amide bonds. The van der Waals surface area contributed by atoms with Gasteiger partial charge in [0, 0.05) is 55.9 Å². The van der Waals surface area contributed by atoms with E-state index in [2.05, 4.69) is 38.2 Å². The van der Waals surface area contributed by atoms with E-state index >= 15 is 0 Å². The minimum absolute atomic E-state index is 0.0137. The van der Waals surface area contributed by atoms with E-state index < -0.39 is 11.6 Å². The number of likely N-dealkylation sites (N-methyl/N-ethyl adjacent to an activating group) is 1. The molecule has 0 bridgehead atoms. The zero-order valence-corrected chi connectivity index (χ0v) is 22.7. The molecule has 3 aromatic rings. The number of anilines is 2. The van der Waals surface area contributed by atoms with Crippen LogP contribution in [0.4, 0.5) is 20.4 Å². The number of benzene rings is 2. The van der Waals surface area contributed by atoms with Gasteiger partial charge in [0.2, 0.25) is 5.95 Å². The molecule has 4 rings (SSSR count). The van der Waals surface area contributed by atoms with E-state index in [1.54, 1.807) is 26.4 Å². The lowest BCUT2D eigenvalue weighted by Gasteiger charge is -2.32. The molecule has 1 aliphatic rings.